The summed E-state index contributed by atoms with van der Waals surface area (Å²) < 4.78 is 0. The molecule has 78 valence electrons. The van der Waals surface area contributed by atoms with Crippen LogP contribution < -0.4 is 5.32 Å². The molecule has 1 aromatic rings. The number of thiophene rings is 1. The molecule has 14 heavy (non-hydrogen) atoms. The zero-order chi connectivity index (χ0) is 9.80. The maximum absolute atomic E-state index is 5.91. The van der Waals surface area contributed by atoms with Crippen molar-refractivity contribution in [2.24, 2.45) is 5.92 Å². The normalized spacial score (nSPS) is 26.1. The van der Waals surface area contributed by atoms with E-state index in [-0.39, 0.29) is 0 Å². The molecule has 0 bridgehead atoms. The van der Waals surface area contributed by atoms with E-state index in [1.165, 1.54) is 18.4 Å². The number of alkyl halides is 1. The van der Waals surface area contributed by atoms with Gasteiger partial charge in [0.05, 0.1) is 0 Å². The minimum absolute atomic E-state index is 0.457. The molecule has 1 heterocycles. The van der Waals surface area contributed by atoms with E-state index in [0.717, 1.165) is 25.4 Å². The van der Waals surface area contributed by atoms with Crippen LogP contribution in [0.4, 0.5) is 0 Å². The average Bonchev–Trinajstić information content (AvgIpc) is 2.61. The Bertz CT molecular complexity index is 254. The summed E-state index contributed by atoms with van der Waals surface area (Å²) in [7, 11) is 0. The highest BCUT2D eigenvalue weighted by Gasteiger charge is 2.26. The first-order chi connectivity index (χ1) is 6.84. The molecule has 1 N–H and O–H groups in total. The fraction of sp³-hybridized carbons (Fsp3) is 0.636. The summed E-state index contributed by atoms with van der Waals surface area (Å²) in [6.45, 7) is 2.24. The van der Waals surface area contributed by atoms with E-state index in [4.69, 9.17) is 11.6 Å². The first-order valence-electron chi connectivity index (χ1n) is 5.20. The average molecular weight is 230 g/mol. The molecular weight excluding hydrogens is 214 g/mol. The maximum atomic E-state index is 5.91. The molecule has 1 nitrogen and oxygen atoms in total. The largest absolute Gasteiger partial charge is 0.316 e. The number of halogens is 1. The van der Waals surface area contributed by atoms with Crippen molar-refractivity contribution in [3.05, 3.63) is 22.4 Å². The number of hydrogen-bond acceptors (Lipinski definition) is 2. The maximum Gasteiger partial charge on any atom is 0.0342 e. The van der Waals surface area contributed by atoms with Gasteiger partial charge in [0, 0.05) is 5.38 Å². The third-order valence-electron chi connectivity index (χ3n) is 2.78. The quantitative estimate of drug-likeness (QED) is 0.605. The van der Waals surface area contributed by atoms with E-state index >= 15 is 0 Å². The zero-order valence-electron chi connectivity index (χ0n) is 8.21. The van der Waals surface area contributed by atoms with E-state index in [0.29, 0.717) is 5.38 Å². The molecule has 0 aliphatic heterocycles. The van der Waals surface area contributed by atoms with E-state index in [9.17, 15) is 0 Å². The molecule has 0 spiro atoms. The molecule has 1 fully saturated rings. The van der Waals surface area contributed by atoms with Gasteiger partial charge in [-0.15, -0.1) is 11.6 Å². The van der Waals surface area contributed by atoms with Crippen LogP contribution in [0, 0.1) is 5.92 Å². The molecule has 1 aliphatic rings. The van der Waals surface area contributed by atoms with Crippen LogP contribution in [0.5, 0.6) is 0 Å². The summed E-state index contributed by atoms with van der Waals surface area (Å²) in [5.41, 5.74) is 1.45. The van der Waals surface area contributed by atoms with Crippen molar-refractivity contribution in [3.63, 3.8) is 0 Å². The Labute approximate surface area is 94.5 Å². The highest BCUT2D eigenvalue weighted by atomic mass is 35.5. The van der Waals surface area contributed by atoms with Crippen LogP contribution in [0.3, 0.4) is 0 Å². The second kappa shape index (κ2) is 5.15. The molecule has 3 heteroatoms. The van der Waals surface area contributed by atoms with Gasteiger partial charge in [0.25, 0.3) is 0 Å². The molecular formula is C11H16ClNS. The molecule has 0 saturated heterocycles. The Morgan fingerprint density at radius 3 is 3.00 bits per heavy atom. The van der Waals surface area contributed by atoms with Crippen molar-refractivity contribution in [2.45, 2.75) is 24.6 Å². The smallest absolute Gasteiger partial charge is 0.0342 e. The molecule has 0 unspecified atom stereocenters. The van der Waals surface area contributed by atoms with Gasteiger partial charge in [0.15, 0.2) is 0 Å². The summed E-state index contributed by atoms with van der Waals surface area (Å²) >= 11 is 7.69. The van der Waals surface area contributed by atoms with Gasteiger partial charge in [-0.3, -0.25) is 0 Å². The van der Waals surface area contributed by atoms with Crippen LogP contribution >= 0.6 is 22.9 Å². The van der Waals surface area contributed by atoms with Crippen LogP contribution in [-0.4, -0.2) is 18.5 Å². The SMILES string of the molecule is ClC1CC(CNCCc2ccsc2)C1. The van der Waals surface area contributed by atoms with E-state index in [1.807, 2.05) is 0 Å². The van der Waals surface area contributed by atoms with Gasteiger partial charge in [0.1, 0.15) is 0 Å². The zero-order valence-corrected chi connectivity index (χ0v) is 9.78. The lowest BCUT2D eigenvalue weighted by molar-refractivity contribution is 0.310. The molecule has 0 amide bonds. The Morgan fingerprint density at radius 1 is 1.50 bits per heavy atom. The molecule has 1 saturated carbocycles. The highest BCUT2D eigenvalue weighted by molar-refractivity contribution is 7.07. The lowest BCUT2D eigenvalue weighted by Gasteiger charge is -2.30. The second-order valence-electron chi connectivity index (χ2n) is 4.02. The molecule has 0 aromatic carbocycles. The summed E-state index contributed by atoms with van der Waals surface area (Å²) in [6.07, 6.45) is 3.56. The number of rotatable bonds is 5. The van der Waals surface area contributed by atoms with E-state index in [2.05, 4.69) is 22.1 Å². The standard InChI is InChI=1S/C11H16ClNS/c12-11-5-10(6-11)7-13-3-1-9-2-4-14-8-9/h2,4,8,10-11,13H,1,3,5-7H2. The first-order valence-corrected chi connectivity index (χ1v) is 6.58. The molecule has 2 rings (SSSR count). The van der Waals surface area contributed by atoms with Crippen molar-refractivity contribution >= 4 is 22.9 Å². The lowest BCUT2D eigenvalue weighted by Crippen LogP contribution is -2.34. The monoisotopic (exact) mass is 229 g/mol. The Morgan fingerprint density at radius 2 is 2.36 bits per heavy atom. The summed E-state index contributed by atoms with van der Waals surface area (Å²) in [4.78, 5) is 0. The topological polar surface area (TPSA) is 12.0 Å². The molecule has 0 atom stereocenters. The fourth-order valence-corrected chi connectivity index (χ4v) is 3.00. The van der Waals surface area contributed by atoms with Gasteiger partial charge in [-0.05, 0) is 60.7 Å². The highest BCUT2D eigenvalue weighted by Crippen LogP contribution is 2.30. The number of hydrogen-bond donors (Lipinski definition) is 1. The van der Waals surface area contributed by atoms with Crippen LogP contribution in [0.15, 0.2) is 16.8 Å². The van der Waals surface area contributed by atoms with Gasteiger partial charge in [-0.2, -0.15) is 11.3 Å². The predicted molar refractivity (Wildman–Crippen MR) is 63.3 cm³/mol. The predicted octanol–water partition coefficient (Wildman–Crippen LogP) is 2.90. The van der Waals surface area contributed by atoms with Gasteiger partial charge in [-0.25, -0.2) is 0 Å². The van der Waals surface area contributed by atoms with Gasteiger partial charge in [0.2, 0.25) is 0 Å². The van der Waals surface area contributed by atoms with Gasteiger partial charge >= 0.3 is 0 Å². The van der Waals surface area contributed by atoms with E-state index < -0.39 is 0 Å². The summed E-state index contributed by atoms with van der Waals surface area (Å²) in [5, 5.41) is 8.31. The minimum Gasteiger partial charge on any atom is -0.316 e. The van der Waals surface area contributed by atoms with Gasteiger partial charge in [-0.1, -0.05) is 0 Å². The van der Waals surface area contributed by atoms with Crippen molar-refractivity contribution in [1.29, 1.82) is 0 Å². The molecule has 0 radical (unpaired) electrons. The summed E-state index contributed by atoms with van der Waals surface area (Å²) in [5.74, 6) is 0.833. The third-order valence-corrected chi connectivity index (χ3v) is 3.87. The van der Waals surface area contributed by atoms with Crippen LogP contribution in [0.2, 0.25) is 0 Å². The van der Waals surface area contributed by atoms with Crippen LogP contribution in [-0.2, 0) is 6.42 Å². The number of nitrogens with one attached hydrogen (secondary N) is 1. The third kappa shape index (κ3) is 2.97. The first kappa shape index (κ1) is 10.5. The van der Waals surface area contributed by atoms with Gasteiger partial charge < -0.3 is 5.32 Å². The molecule has 1 aliphatic carbocycles. The van der Waals surface area contributed by atoms with Crippen molar-refractivity contribution in [3.8, 4) is 0 Å². The molecule has 1 aromatic heterocycles. The Kier molecular flexibility index (Phi) is 3.85. The fourth-order valence-electron chi connectivity index (χ4n) is 1.79. The minimum atomic E-state index is 0.457. The van der Waals surface area contributed by atoms with Crippen LogP contribution in [0.25, 0.3) is 0 Å². The van der Waals surface area contributed by atoms with Crippen LogP contribution in [0.1, 0.15) is 18.4 Å². The Hall–Kier alpha value is -0.0500. The van der Waals surface area contributed by atoms with Crippen molar-refractivity contribution < 1.29 is 0 Å². The van der Waals surface area contributed by atoms with E-state index in [1.54, 1.807) is 11.3 Å². The Balaban J connectivity index is 1.52. The summed E-state index contributed by atoms with van der Waals surface area (Å²) in [6, 6.07) is 2.20. The lowest BCUT2D eigenvalue weighted by atomic mass is 9.85. The van der Waals surface area contributed by atoms with Crippen molar-refractivity contribution in [1.82, 2.24) is 5.32 Å². The second-order valence-corrected chi connectivity index (χ2v) is 5.42. The van der Waals surface area contributed by atoms with Crippen molar-refractivity contribution in [2.75, 3.05) is 13.1 Å².